The second-order valence-electron chi connectivity index (χ2n) is 5.43. The van der Waals surface area contributed by atoms with E-state index < -0.39 is 0 Å². The van der Waals surface area contributed by atoms with Crippen LogP contribution in [0.15, 0.2) is 24.3 Å². The summed E-state index contributed by atoms with van der Waals surface area (Å²) in [5, 5.41) is 2.93. The molecule has 2 atom stereocenters. The predicted octanol–water partition coefficient (Wildman–Crippen LogP) is 2.13. The fraction of sp³-hybridized carbons (Fsp3) is 0.562. The molecule has 1 aliphatic heterocycles. The van der Waals surface area contributed by atoms with Crippen molar-refractivity contribution in [2.45, 2.75) is 33.0 Å². The summed E-state index contributed by atoms with van der Waals surface area (Å²) in [7, 11) is 0. The van der Waals surface area contributed by atoms with Crippen LogP contribution in [0.1, 0.15) is 20.8 Å². The molecule has 5 heteroatoms. The molecule has 0 bridgehead atoms. The Labute approximate surface area is 126 Å². The third-order valence-corrected chi connectivity index (χ3v) is 3.32. The van der Waals surface area contributed by atoms with Crippen LogP contribution >= 0.6 is 0 Å². The van der Waals surface area contributed by atoms with Gasteiger partial charge in [-0.1, -0.05) is 12.1 Å². The van der Waals surface area contributed by atoms with Crippen LogP contribution in [0.5, 0.6) is 5.75 Å². The lowest BCUT2D eigenvalue weighted by Crippen LogP contribution is -2.48. The lowest BCUT2D eigenvalue weighted by Gasteiger charge is -2.34. The molecular weight excluding hydrogens is 268 g/mol. The zero-order chi connectivity index (χ0) is 15.2. The molecule has 1 fully saturated rings. The van der Waals surface area contributed by atoms with Crippen LogP contribution in [0.4, 0.5) is 5.69 Å². The van der Waals surface area contributed by atoms with Gasteiger partial charge in [0.2, 0.25) is 5.91 Å². The van der Waals surface area contributed by atoms with E-state index in [-0.39, 0.29) is 18.1 Å². The number of nitrogens with zero attached hydrogens (tertiary/aromatic N) is 1. The van der Waals surface area contributed by atoms with Crippen molar-refractivity contribution in [2.24, 2.45) is 0 Å². The number of para-hydroxylation sites is 2. The maximum atomic E-state index is 12.2. The average molecular weight is 292 g/mol. The van der Waals surface area contributed by atoms with Crippen molar-refractivity contribution in [2.75, 3.05) is 31.6 Å². The Morgan fingerprint density at radius 3 is 2.67 bits per heavy atom. The molecule has 5 nitrogen and oxygen atoms in total. The van der Waals surface area contributed by atoms with Gasteiger partial charge in [-0.3, -0.25) is 9.69 Å². The summed E-state index contributed by atoms with van der Waals surface area (Å²) in [6.07, 6.45) is 0.328. The molecule has 1 amide bonds. The van der Waals surface area contributed by atoms with Gasteiger partial charge >= 0.3 is 0 Å². The summed E-state index contributed by atoms with van der Waals surface area (Å²) >= 11 is 0. The van der Waals surface area contributed by atoms with E-state index in [1.54, 1.807) is 0 Å². The summed E-state index contributed by atoms with van der Waals surface area (Å²) in [6, 6.07) is 7.49. The second kappa shape index (κ2) is 7.43. The smallest absolute Gasteiger partial charge is 0.238 e. The Kier molecular flexibility index (Phi) is 5.59. The molecule has 116 valence electrons. The number of rotatable bonds is 5. The van der Waals surface area contributed by atoms with Crippen LogP contribution in [-0.4, -0.2) is 49.3 Å². The molecule has 0 aliphatic carbocycles. The summed E-state index contributed by atoms with van der Waals surface area (Å²) in [5.41, 5.74) is 0.721. The maximum absolute atomic E-state index is 12.2. The topological polar surface area (TPSA) is 50.8 Å². The van der Waals surface area contributed by atoms with Crippen LogP contribution < -0.4 is 10.1 Å². The molecule has 0 spiro atoms. The lowest BCUT2D eigenvalue weighted by atomic mass is 10.2. The van der Waals surface area contributed by atoms with E-state index >= 15 is 0 Å². The third-order valence-electron chi connectivity index (χ3n) is 3.32. The molecule has 1 saturated heterocycles. The molecule has 0 saturated carbocycles. The Morgan fingerprint density at radius 2 is 2.00 bits per heavy atom. The van der Waals surface area contributed by atoms with Gasteiger partial charge in [0.25, 0.3) is 0 Å². The van der Waals surface area contributed by atoms with Crippen molar-refractivity contribution < 1.29 is 14.3 Å². The number of carbonyl (C=O) groups excluding carboxylic acids is 1. The molecule has 0 unspecified atom stereocenters. The number of ether oxygens (including phenoxy) is 2. The predicted molar refractivity (Wildman–Crippen MR) is 82.7 cm³/mol. The fourth-order valence-corrected chi connectivity index (χ4v) is 2.66. The van der Waals surface area contributed by atoms with E-state index in [9.17, 15) is 4.79 Å². The van der Waals surface area contributed by atoms with Gasteiger partial charge in [0.15, 0.2) is 0 Å². The third kappa shape index (κ3) is 4.72. The molecule has 1 heterocycles. The van der Waals surface area contributed by atoms with Gasteiger partial charge in [0.05, 0.1) is 31.0 Å². The summed E-state index contributed by atoms with van der Waals surface area (Å²) < 4.78 is 11.2. The highest BCUT2D eigenvalue weighted by Crippen LogP contribution is 2.23. The second-order valence-corrected chi connectivity index (χ2v) is 5.43. The van der Waals surface area contributed by atoms with Crippen molar-refractivity contribution in [1.82, 2.24) is 4.90 Å². The average Bonchev–Trinajstić information content (AvgIpc) is 2.40. The van der Waals surface area contributed by atoms with E-state index in [4.69, 9.17) is 9.47 Å². The van der Waals surface area contributed by atoms with Crippen LogP contribution in [-0.2, 0) is 9.53 Å². The number of anilines is 1. The van der Waals surface area contributed by atoms with E-state index in [0.717, 1.165) is 18.8 Å². The zero-order valence-electron chi connectivity index (χ0n) is 13.0. The highest BCUT2D eigenvalue weighted by Gasteiger charge is 2.23. The van der Waals surface area contributed by atoms with Gasteiger partial charge in [-0.25, -0.2) is 0 Å². The van der Waals surface area contributed by atoms with Crippen molar-refractivity contribution >= 4 is 11.6 Å². The fourth-order valence-electron chi connectivity index (χ4n) is 2.66. The molecule has 2 rings (SSSR count). The SMILES string of the molecule is CCOc1ccccc1NC(=O)CN1C[C@@H](C)O[C@H](C)C1. The van der Waals surface area contributed by atoms with Gasteiger partial charge < -0.3 is 14.8 Å². The highest BCUT2D eigenvalue weighted by atomic mass is 16.5. The summed E-state index contributed by atoms with van der Waals surface area (Å²) in [4.78, 5) is 14.3. The summed E-state index contributed by atoms with van der Waals surface area (Å²) in [6.45, 7) is 8.50. The normalized spacial score (nSPS) is 22.8. The quantitative estimate of drug-likeness (QED) is 0.903. The number of morpholine rings is 1. The van der Waals surface area contributed by atoms with Crippen molar-refractivity contribution in [3.8, 4) is 5.75 Å². The zero-order valence-corrected chi connectivity index (χ0v) is 13.0. The van der Waals surface area contributed by atoms with Crippen molar-refractivity contribution in [1.29, 1.82) is 0 Å². The van der Waals surface area contributed by atoms with E-state index in [1.807, 2.05) is 45.0 Å². The van der Waals surface area contributed by atoms with E-state index in [1.165, 1.54) is 0 Å². The molecule has 1 aromatic rings. The number of carbonyl (C=O) groups is 1. The molecule has 1 N–H and O–H groups in total. The Morgan fingerprint density at radius 1 is 1.33 bits per heavy atom. The van der Waals surface area contributed by atoms with Gasteiger partial charge in [0, 0.05) is 13.1 Å². The number of benzene rings is 1. The Bertz CT molecular complexity index is 468. The lowest BCUT2D eigenvalue weighted by molar-refractivity contribution is -0.121. The molecule has 0 radical (unpaired) electrons. The first-order chi connectivity index (χ1) is 10.1. The maximum Gasteiger partial charge on any atom is 0.238 e. The van der Waals surface area contributed by atoms with Crippen LogP contribution in [0.25, 0.3) is 0 Å². The monoisotopic (exact) mass is 292 g/mol. The first-order valence-corrected chi connectivity index (χ1v) is 7.48. The van der Waals surface area contributed by atoms with Crippen LogP contribution in [0.3, 0.4) is 0 Å². The number of hydrogen-bond acceptors (Lipinski definition) is 4. The molecule has 21 heavy (non-hydrogen) atoms. The standard InChI is InChI=1S/C16H24N2O3/c1-4-20-15-8-6-5-7-14(15)17-16(19)11-18-9-12(2)21-13(3)10-18/h5-8,12-13H,4,9-11H2,1-3H3,(H,17,19)/t12-,13-/m1/s1. The minimum absolute atomic E-state index is 0.0246. The number of nitrogens with one attached hydrogen (secondary N) is 1. The van der Waals surface area contributed by atoms with E-state index in [2.05, 4.69) is 10.2 Å². The van der Waals surface area contributed by atoms with Gasteiger partial charge in [0.1, 0.15) is 5.75 Å². The first kappa shape index (κ1) is 15.8. The van der Waals surface area contributed by atoms with Gasteiger partial charge in [-0.2, -0.15) is 0 Å². The van der Waals surface area contributed by atoms with Gasteiger partial charge in [-0.15, -0.1) is 0 Å². The number of amides is 1. The van der Waals surface area contributed by atoms with Crippen molar-refractivity contribution in [3.63, 3.8) is 0 Å². The van der Waals surface area contributed by atoms with E-state index in [0.29, 0.717) is 18.9 Å². The minimum atomic E-state index is -0.0246. The largest absolute Gasteiger partial charge is 0.492 e. The molecular formula is C16H24N2O3. The molecule has 1 aliphatic rings. The Balaban J connectivity index is 1.92. The first-order valence-electron chi connectivity index (χ1n) is 7.48. The minimum Gasteiger partial charge on any atom is -0.492 e. The highest BCUT2D eigenvalue weighted by molar-refractivity contribution is 5.93. The summed E-state index contributed by atoms with van der Waals surface area (Å²) in [5.74, 6) is 0.681. The van der Waals surface area contributed by atoms with Crippen molar-refractivity contribution in [3.05, 3.63) is 24.3 Å². The molecule has 1 aromatic carbocycles. The van der Waals surface area contributed by atoms with Gasteiger partial charge in [-0.05, 0) is 32.9 Å². The Hall–Kier alpha value is -1.59. The van der Waals surface area contributed by atoms with Crippen LogP contribution in [0, 0.1) is 0 Å². The molecule has 0 aromatic heterocycles. The number of hydrogen-bond donors (Lipinski definition) is 1. The van der Waals surface area contributed by atoms with Crippen LogP contribution in [0.2, 0.25) is 0 Å².